The third kappa shape index (κ3) is 2.87. The van der Waals surface area contributed by atoms with Gasteiger partial charge in [-0.1, -0.05) is 0 Å². The Morgan fingerprint density at radius 2 is 2.28 bits per heavy atom. The Balaban J connectivity index is 2.22. The Hall–Kier alpha value is -1.01. The normalized spacial score (nSPS) is 24.6. The van der Waals surface area contributed by atoms with Crippen molar-refractivity contribution in [1.29, 1.82) is 0 Å². The van der Waals surface area contributed by atoms with E-state index in [1.165, 1.54) is 11.5 Å². The van der Waals surface area contributed by atoms with Gasteiger partial charge in [-0.05, 0) is 45.1 Å². The molecule has 0 aromatic carbocycles. The first-order valence-corrected chi connectivity index (χ1v) is 7.05. The van der Waals surface area contributed by atoms with Gasteiger partial charge in [-0.2, -0.15) is 4.37 Å². The highest BCUT2D eigenvalue weighted by Crippen LogP contribution is 2.40. The molecule has 1 aliphatic heterocycles. The van der Waals surface area contributed by atoms with Crippen LogP contribution >= 0.6 is 11.5 Å². The van der Waals surface area contributed by atoms with E-state index < -0.39 is 5.60 Å². The van der Waals surface area contributed by atoms with Crippen molar-refractivity contribution in [2.75, 3.05) is 23.7 Å². The highest BCUT2D eigenvalue weighted by molar-refractivity contribution is 7.11. The number of β-amino-alcohol motifs (C(OH)–C–C–N with tert-alkyl or cyclic N) is 1. The Bertz CT molecular complexity index is 417. The van der Waals surface area contributed by atoms with Crippen LogP contribution in [0.25, 0.3) is 0 Å². The summed E-state index contributed by atoms with van der Waals surface area (Å²) in [4.78, 5) is 2.12. The molecule has 1 saturated heterocycles. The van der Waals surface area contributed by atoms with Crippen LogP contribution in [0.5, 0.6) is 5.75 Å². The molecule has 2 heterocycles. The summed E-state index contributed by atoms with van der Waals surface area (Å²) in [7, 11) is 0. The minimum Gasteiger partial charge on any atom is -0.484 e. The van der Waals surface area contributed by atoms with Crippen molar-refractivity contribution in [3.8, 4) is 5.75 Å². The summed E-state index contributed by atoms with van der Waals surface area (Å²) in [5.41, 5.74) is 5.20. The average Bonchev–Trinajstić information content (AvgIpc) is 2.58. The van der Waals surface area contributed by atoms with E-state index in [-0.39, 0.29) is 6.10 Å². The lowest BCUT2D eigenvalue weighted by atomic mass is 9.95. The number of hydrogen-bond donors (Lipinski definition) is 2. The molecular formula is C12H21N3O2S. The molecule has 3 N–H and O–H groups in total. The highest BCUT2D eigenvalue weighted by atomic mass is 32.1. The summed E-state index contributed by atoms with van der Waals surface area (Å²) in [6, 6.07) is 0. The van der Waals surface area contributed by atoms with Crippen molar-refractivity contribution in [2.24, 2.45) is 0 Å². The Kier molecular flexibility index (Phi) is 3.68. The maximum atomic E-state index is 10.2. The molecule has 0 aliphatic carbocycles. The second-order valence-corrected chi connectivity index (χ2v) is 6.14. The number of nitrogens with two attached hydrogens (primary N) is 1. The molecule has 2 rings (SSSR count). The van der Waals surface area contributed by atoms with Gasteiger partial charge in [0.1, 0.15) is 0 Å². The lowest BCUT2D eigenvalue weighted by molar-refractivity contribution is 0.0449. The number of piperidine rings is 1. The van der Waals surface area contributed by atoms with E-state index in [9.17, 15) is 5.11 Å². The molecule has 0 amide bonds. The standard InChI is InChI=1S/C12H21N3O2S/c1-8(2)17-9-10(13)14-18-11(9)15-6-4-5-12(3,16)7-15/h8,16H,4-7H2,1-3H3,(H2,13,14). The van der Waals surface area contributed by atoms with E-state index in [1.807, 2.05) is 20.8 Å². The van der Waals surface area contributed by atoms with Gasteiger partial charge in [-0.3, -0.25) is 0 Å². The SMILES string of the molecule is CC(C)Oc1c(N)nsc1N1CCCC(C)(O)C1. The van der Waals surface area contributed by atoms with Crippen molar-refractivity contribution in [2.45, 2.75) is 45.3 Å². The topological polar surface area (TPSA) is 71.6 Å². The van der Waals surface area contributed by atoms with Crippen LogP contribution in [0.1, 0.15) is 33.6 Å². The van der Waals surface area contributed by atoms with Crippen LogP contribution in [0.3, 0.4) is 0 Å². The van der Waals surface area contributed by atoms with Crippen molar-refractivity contribution in [3.63, 3.8) is 0 Å². The van der Waals surface area contributed by atoms with E-state index in [1.54, 1.807) is 0 Å². The molecule has 5 nitrogen and oxygen atoms in total. The van der Waals surface area contributed by atoms with Crippen molar-refractivity contribution in [1.82, 2.24) is 4.37 Å². The van der Waals surface area contributed by atoms with Crippen LogP contribution in [-0.4, -0.2) is 34.3 Å². The number of aliphatic hydroxyl groups is 1. The maximum absolute atomic E-state index is 10.2. The van der Waals surface area contributed by atoms with Gasteiger partial charge in [0.15, 0.2) is 16.6 Å². The molecule has 1 aliphatic rings. The zero-order valence-corrected chi connectivity index (χ0v) is 12.0. The maximum Gasteiger partial charge on any atom is 0.198 e. The molecule has 0 radical (unpaired) electrons. The fraction of sp³-hybridized carbons (Fsp3) is 0.750. The summed E-state index contributed by atoms with van der Waals surface area (Å²) in [6.45, 7) is 7.31. The zero-order chi connectivity index (χ0) is 13.3. The van der Waals surface area contributed by atoms with Crippen LogP contribution < -0.4 is 15.4 Å². The predicted octanol–water partition coefficient (Wildman–Crippen LogP) is 1.86. The quantitative estimate of drug-likeness (QED) is 0.878. The third-order valence-corrected chi connectivity index (χ3v) is 3.88. The predicted molar refractivity (Wildman–Crippen MR) is 74.4 cm³/mol. The number of aromatic nitrogens is 1. The highest BCUT2D eigenvalue weighted by Gasteiger charge is 2.31. The van der Waals surface area contributed by atoms with E-state index in [4.69, 9.17) is 10.5 Å². The average molecular weight is 271 g/mol. The van der Waals surface area contributed by atoms with Crippen molar-refractivity contribution >= 4 is 22.4 Å². The van der Waals surface area contributed by atoms with E-state index in [2.05, 4.69) is 9.27 Å². The molecule has 18 heavy (non-hydrogen) atoms. The van der Waals surface area contributed by atoms with Gasteiger partial charge in [0.25, 0.3) is 0 Å². The van der Waals surface area contributed by atoms with Gasteiger partial charge in [-0.25, -0.2) is 0 Å². The second kappa shape index (κ2) is 4.93. The van der Waals surface area contributed by atoms with E-state index in [0.29, 0.717) is 18.1 Å². The second-order valence-electron chi connectivity index (χ2n) is 5.39. The smallest absolute Gasteiger partial charge is 0.198 e. The lowest BCUT2D eigenvalue weighted by Gasteiger charge is -2.37. The largest absolute Gasteiger partial charge is 0.484 e. The number of nitrogen functional groups attached to an aromatic ring is 1. The molecule has 1 fully saturated rings. The number of anilines is 2. The van der Waals surface area contributed by atoms with Gasteiger partial charge in [0.2, 0.25) is 0 Å². The molecule has 1 aromatic heterocycles. The van der Waals surface area contributed by atoms with E-state index >= 15 is 0 Å². The lowest BCUT2D eigenvalue weighted by Crippen LogP contribution is -2.46. The van der Waals surface area contributed by atoms with Crippen molar-refractivity contribution in [3.05, 3.63) is 0 Å². The van der Waals surface area contributed by atoms with Gasteiger partial charge in [-0.15, -0.1) is 0 Å². The first-order chi connectivity index (χ1) is 8.39. The first kappa shape index (κ1) is 13.4. The van der Waals surface area contributed by atoms with Crippen LogP contribution in [0.15, 0.2) is 0 Å². The van der Waals surface area contributed by atoms with Gasteiger partial charge in [0.05, 0.1) is 11.7 Å². The fourth-order valence-electron chi connectivity index (χ4n) is 2.23. The number of rotatable bonds is 3. The molecule has 1 atom stereocenters. The Morgan fingerprint density at radius 1 is 1.56 bits per heavy atom. The van der Waals surface area contributed by atoms with Crippen LogP contribution in [0.4, 0.5) is 10.8 Å². The summed E-state index contributed by atoms with van der Waals surface area (Å²) in [5, 5.41) is 11.1. The molecule has 0 saturated carbocycles. The molecular weight excluding hydrogens is 250 g/mol. The van der Waals surface area contributed by atoms with Crippen molar-refractivity contribution < 1.29 is 9.84 Å². The van der Waals surface area contributed by atoms with Crippen LogP contribution in [-0.2, 0) is 0 Å². The first-order valence-electron chi connectivity index (χ1n) is 6.28. The molecule has 6 heteroatoms. The van der Waals surface area contributed by atoms with Gasteiger partial charge in [0, 0.05) is 13.1 Å². The van der Waals surface area contributed by atoms with Gasteiger partial charge < -0.3 is 20.5 Å². The van der Waals surface area contributed by atoms with Gasteiger partial charge >= 0.3 is 0 Å². The minimum absolute atomic E-state index is 0.0627. The summed E-state index contributed by atoms with van der Waals surface area (Å²) in [6.07, 6.45) is 1.86. The monoisotopic (exact) mass is 271 g/mol. The molecule has 0 bridgehead atoms. The Morgan fingerprint density at radius 3 is 2.89 bits per heavy atom. The molecule has 0 spiro atoms. The summed E-state index contributed by atoms with van der Waals surface area (Å²) in [5.74, 6) is 1.10. The molecule has 1 aromatic rings. The summed E-state index contributed by atoms with van der Waals surface area (Å²) >= 11 is 1.34. The summed E-state index contributed by atoms with van der Waals surface area (Å²) < 4.78 is 9.90. The molecule has 102 valence electrons. The third-order valence-electron chi connectivity index (χ3n) is 2.97. The number of ether oxygens (including phenoxy) is 1. The zero-order valence-electron chi connectivity index (χ0n) is 11.1. The van der Waals surface area contributed by atoms with Crippen LogP contribution in [0.2, 0.25) is 0 Å². The minimum atomic E-state index is -0.647. The number of nitrogens with zero attached hydrogens (tertiary/aromatic N) is 2. The van der Waals surface area contributed by atoms with E-state index in [0.717, 1.165) is 24.4 Å². The fourth-order valence-corrected chi connectivity index (χ4v) is 3.00. The van der Waals surface area contributed by atoms with Crippen LogP contribution in [0, 0.1) is 0 Å². The Labute approximate surface area is 112 Å². The molecule has 1 unspecified atom stereocenters. The number of hydrogen-bond acceptors (Lipinski definition) is 6.